The minimum absolute atomic E-state index is 0.0937. The van der Waals surface area contributed by atoms with Crippen LogP contribution in [0.1, 0.15) is 27.9 Å². The molecule has 8 nitrogen and oxygen atoms in total. The van der Waals surface area contributed by atoms with Gasteiger partial charge in [0.1, 0.15) is 0 Å². The van der Waals surface area contributed by atoms with Crippen molar-refractivity contribution in [1.82, 2.24) is 5.32 Å². The third-order valence-corrected chi connectivity index (χ3v) is 6.16. The number of anilines is 2. The fourth-order valence-corrected chi connectivity index (χ4v) is 4.21. The number of carbonyl (C=O) groups is 3. The molecule has 2 aliphatic heterocycles. The lowest BCUT2D eigenvalue weighted by Gasteiger charge is -2.17. The van der Waals surface area contributed by atoms with Gasteiger partial charge < -0.3 is 25.0 Å². The molecule has 0 radical (unpaired) electrons. The first-order valence-electron chi connectivity index (χ1n) is 11.4. The van der Waals surface area contributed by atoms with Crippen molar-refractivity contribution in [2.75, 3.05) is 23.6 Å². The third-order valence-electron chi connectivity index (χ3n) is 6.16. The number of para-hydroxylation sites is 1. The lowest BCUT2D eigenvalue weighted by molar-refractivity contribution is -0.122. The van der Waals surface area contributed by atoms with Gasteiger partial charge in [-0.2, -0.15) is 0 Å². The number of rotatable bonds is 6. The van der Waals surface area contributed by atoms with Crippen LogP contribution in [0.15, 0.2) is 66.7 Å². The molecule has 1 atom stereocenters. The van der Waals surface area contributed by atoms with Crippen LogP contribution in [0.25, 0.3) is 0 Å². The second kappa shape index (κ2) is 9.50. The summed E-state index contributed by atoms with van der Waals surface area (Å²) in [5.74, 6) is 0.123. The highest BCUT2D eigenvalue weighted by molar-refractivity contribution is 6.07. The smallest absolute Gasteiger partial charge is 0.253 e. The molecule has 0 aliphatic carbocycles. The summed E-state index contributed by atoms with van der Waals surface area (Å²) in [7, 11) is 0. The SMILES string of the molecule is Cc1ccc(N2CC(C(=O)Nc3ccccc3C(=O)NCc3ccc4c(c3)OCO4)CC2=O)cc1. The zero-order valence-electron chi connectivity index (χ0n) is 19.2. The lowest BCUT2D eigenvalue weighted by Crippen LogP contribution is -2.29. The Hall–Kier alpha value is -4.33. The van der Waals surface area contributed by atoms with E-state index >= 15 is 0 Å². The quantitative estimate of drug-likeness (QED) is 0.572. The average molecular weight is 472 g/mol. The van der Waals surface area contributed by atoms with Crippen molar-refractivity contribution in [1.29, 1.82) is 0 Å². The van der Waals surface area contributed by atoms with Crippen molar-refractivity contribution < 1.29 is 23.9 Å². The minimum Gasteiger partial charge on any atom is -0.454 e. The number of amides is 3. The van der Waals surface area contributed by atoms with E-state index < -0.39 is 5.92 Å². The summed E-state index contributed by atoms with van der Waals surface area (Å²) in [6.07, 6.45) is 0.123. The van der Waals surface area contributed by atoms with E-state index in [1.54, 1.807) is 35.2 Å². The van der Waals surface area contributed by atoms with Gasteiger partial charge in [-0.05, 0) is 48.9 Å². The number of carbonyl (C=O) groups excluding carboxylic acids is 3. The Morgan fingerprint density at radius 3 is 2.60 bits per heavy atom. The van der Waals surface area contributed by atoms with E-state index in [-0.39, 0.29) is 30.9 Å². The molecule has 5 rings (SSSR count). The lowest BCUT2D eigenvalue weighted by atomic mass is 10.1. The molecule has 178 valence electrons. The maximum atomic E-state index is 13.0. The molecule has 3 aromatic carbocycles. The number of hydrogen-bond acceptors (Lipinski definition) is 5. The summed E-state index contributed by atoms with van der Waals surface area (Å²) >= 11 is 0. The van der Waals surface area contributed by atoms with Gasteiger partial charge in [-0.25, -0.2) is 0 Å². The van der Waals surface area contributed by atoms with Crippen LogP contribution in [0.4, 0.5) is 11.4 Å². The van der Waals surface area contributed by atoms with Crippen LogP contribution in [-0.4, -0.2) is 31.1 Å². The second-order valence-corrected chi connectivity index (χ2v) is 8.65. The van der Waals surface area contributed by atoms with Crippen LogP contribution < -0.4 is 25.0 Å². The van der Waals surface area contributed by atoms with Gasteiger partial charge in [0.2, 0.25) is 18.6 Å². The molecule has 1 fully saturated rings. The van der Waals surface area contributed by atoms with E-state index in [4.69, 9.17) is 9.47 Å². The van der Waals surface area contributed by atoms with E-state index in [1.807, 2.05) is 43.3 Å². The van der Waals surface area contributed by atoms with Crippen LogP contribution in [0.3, 0.4) is 0 Å². The van der Waals surface area contributed by atoms with Crippen LogP contribution in [0.2, 0.25) is 0 Å². The molecule has 8 heteroatoms. The molecule has 35 heavy (non-hydrogen) atoms. The molecule has 0 bridgehead atoms. The molecule has 2 heterocycles. The first-order chi connectivity index (χ1) is 17.0. The number of nitrogens with zero attached hydrogens (tertiary/aromatic N) is 1. The van der Waals surface area contributed by atoms with Crippen molar-refractivity contribution in [3.8, 4) is 11.5 Å². The van der Waals surface area contributed by atoms with Crippen molar-refractivity contribution in [2.45, 2.75) is 19.9 Å². The number of nitrogens with one attached hydrogen (secondary N) is 2. The minimum atomic E-state index is -0.506. The fraction of sp³-hybridized carbons (Fsp3) is 0.222. The standard InChI is InChI=1S/C27H25N3O5/c1-17-6-9-20(10-7-17)30-15-19(13-25(30)31)26(32)29-22-5-3-2-4-21(22)27(33)28-14-18-8-11-23-24(12-18)35-16-34-23/h2-12,19H,13-16H2,1H3,(H,28,33)(H,29,32). The van der Waals surface area contributed by atoms with E-state index in [0.29, 0.717) is 35.8 Å². The number of fused-ring (bicyclic) bond motifs is 1. The highest BCUT2D eigenvalue weighted by Gasteiger charge is 2.35. The molecule has 3 aromatic rings. The highest BCUT2D eigenvalue weighted by atomic mass is 16.7. The largest absolute Gasteiger partial charge is 0.454 e. The van der Waals surface area contributed by atoms with Crippen molar-refractivity contribution >= 4 is 29.1 Å². The van der Waals surface area contributed by atoms with Gasteiger partial charge in [0.15, 0.2) is 11.5 Å². The number of aryl methyl sites for hydroxylation is 1. The van der Waals surface area contributed by atoms with Gasteiger partial charge in [-0.15, -0.1) is 0 Å². The maximum absolute atomic E-state index is 13.0. The molecule has 0 aromatic heterocycles. The molecule has 2 N–H and O–H groups in total. The average Bonchev–Trinajstić information content (AvgIpc) is 3.49. The molecule has 0 saturated carbocycles. The zero-order chi connectivity index (χ0) is 24.4. The van der Waals surface area contributed by atoms with Gasteiger partial charge in [-0.1, -0.05) is 35.9 Å². The molecule has 0 spiro atoms. The molecule has 1 unspecified atom stereocenters. The summed E-state index contributed by atoms with van der Waals surface area (Å²) in [4.78, 5) is 40.1. The van der Waals surface area contributed by atoms with E-state index in [2.05, 4.69) is 10.6 Å². The number of benzene rings is 3. The Morgan fingerprint density at radius 2 is 1.77 bits per heavy atom. The second-order valence-electron chi connectivity index (χ2n) is 8.65. The van der Waals surface area contributed by atoms with Gasteiger partial charge in [0, 0.05) is 25.2 Å². The zero-order valence-corrected chi connectivity index (χ0v) is 19.2. The summed E-state index contributed by atoms with van der Waals surface area (Å²) in [5.41, 5.74) is 3.50. The predicted octanol–water partition coefficient (Wildman–Crippen LogP) is 3.65. The van der Waals surface area contributed by atoms with Crippen molar-refractivity contribution in [3.63, 3.8) is 0 Å². The summed E-state index contributed by atoms with van der Waals surface area (Å²) in [6, 6.07) is 20.0. The van der Waals surface area contributed by atoms with Gasteiger partial charge >= 0.3 is 0 Å². The molecular formula is C27H25N3O5. The van der Waals surface area contributed by atoms with Crippen LogP contribution >= 0.6 is 0 Å². The Balaban J connectivity index is 1.23. The van der Waals surface area contributed by atoms with Gasteiger partial charge in [0.25, 0.3) is 5.91 Å². The Bertz CT molecular complexity index is 1290. The highest BCUT2D eigenvalue weighted by Crippen LogP contribution is 2.32. The van der Waals surface area contributed by atoms with Crippen molar-refractivity contribution in [3.05, 3.63) is 83.4 Å². The van der Waals surface area contributed by atoms with Crippen LogP contribution in [0.5, 0.6) is 11.5 Å². The Kier molecular flexibility index (Phi) is 6.10. The number of ether oxygens (including phenoxy) is 2. The van der Waals surface area contributed by atoms with E-state index in [1.165, 1.54) is 0 Å². The first kappa shape index (κ1) is 22.5. The molecule has 2 aliphatic rings. The molecule has 3 amide bonds. The molecule has 1 saturated heterocycles. The van der Waals surface area contributed by atoms with E-state index in [9.17, 15) is 14.4 Å². The fourth-order valence-electron chi connectivity index (χ4n) is 4.21. The van der Waals surface area contributed by atoms with E-state index in [0.717, 1.165) is 16.8 Å². The topological polar surface area (TPSA) is 97.0 Å². The Labute approximate surface area is 202 Å². The number of hydrogen-bond donors (Lipinski definition) is 2. The maximum Gasteiger partial charge on any atom is 0.253 e. The van der Waals surface area contributed by atoms with Gasteiger partial charge in [0.05, 0.1) is 17.2 Å². The monoisotopic (exact) mass is 471 g/mol. The van der Waals surface area contributed by atoms with Crippen LogP contribution in [-0.2, 0) is 16.1 Å². The first-order valence-corrected chi connectivity index (χ1v) is 11.4. The normalized spacial score (nSPS) is 16.3. The summed E-state index contributed by atoms with van der Waals surface area (Å²) < 4.78 is 10.7. The van der Waals surface area contributed by atoms with Crippen LogP contribution in [0, 0.1) is 12.8 Å². The van der Waals surface area contributed by atoms with Crippen molar-refractivity contribution in [2.24, 2.45) is 5.92 Å². The summed E-state index contributed by atoms with van der Waals surface area (Å²) in [5, 5.41) is 5.73. The predicted molar refractivity (Wildman–Crippen MR) is 130 cm³/mol. The Morgan fingerprint density at radius 1 is 1.00 bits per heavy atom. The third kappa shape index (κ3) is 4.82. The summed E-state index contributed by atoms with van der Waals surface area (Å²) in [6.45, 7) is 2.76. The van der Waals surface area contributed by atoms with Gasteiger partial charge in [-0.3, -0.25) is 14.4 Å². The molecular weight excluding hydrogens is 446 g/mol.